The van der Waals surface area contributed by atoms with Gasteiger partial charge < -0.3 is 0 Å². The molecular weight excluding hydrogens is 204 g/mol. The first kappa shape index (κ1) is 16.5. The summed E-state index contributed by atoms with van der Waals surface area (Å²) in [4.78, 5) is 0. The maximum absolute atomic E-state index is 4.01. The Kier molecular flexibility index (Phi) is 11.6. The van der Waals surface area contributed by atoms with Crippen LogP contribution in [0.2, 0.25) is 0 Å². The fourth-order valence-electron chi connectivity index (χ4n) is 2.18. The zero-order valence-corrected chi connectivity index (χ0v) is 12.4. The van der Waals surface area contributed by atoms with Crippen molar-refractivity contribution in [1.82, 2.24) is 0 Å². The summed E-state index contributed by atoms with van der Waals surface area (Å²) >= 11 is 0. The summed E-state index contributed by atoms with van der Waals surface area (Å²) in [6.45, 7) is 10.7. The van der Waals surface area contributed by atoms with E-state index >= 15 is 0 Å². The topological polar surface area (TPSA) is 0 Å². The van der Waals surface area contributed by atoms with Crippen LogP contribution in [0.4, 0.5) is 0 Å². The summed E-state index contributed by atoms with van der Waals surface area (Å²) in [7, 11) is 0. The molecule has 0 radical (unpaired) electrons. The quantitative estimate of drug-likeness (QED) is 0.286. The molecule has 0 heterocycles. The first-order chi connectivity index (χ1) is 8.20. The second-order valence-electron chi connectivity index (χ2n) is 5.27. The van der Waals surface area contributed by atoms with Crippen LogP contribution in [0.25, 0.3) is 0 Å². The zero-order valence-electron chi connectivity index (χ0n) is 12.4. The summed E-state index contributed by atoms with van der Waals surface area (Å²) < 4.78 is 0. The molecule has 0 N–H and O–H groups in total. The highest BCUT2D eigenvalue weighted by Gasteiger charge is 1.99. The van der Waals surface area contributed by atoms with Gasteiger partial charge in [0.15, 0.2) is 0 Å². The fourth-order valence-corrected chi connectivity index (χ4v) is 2.18. The van der Waals surface area contributed by atoms with Gasteiger partial charge in [0.25, 0.3) is 0 Å². The van der Waals surface area contributed by atoms with Gasteiger partial charge in [-0.05, 0) is 32.6 Å². The summed E-state index contributed by atoms with van der Waals surface area (Å²) in [5, 5.41) is 0. The van der Waals surface area contributed by atoms with Gasteiger partial charge in [0, 0.05) is 0 Å². The third-order valence-corrected chi connectivity index (χ3v) is 3.15. The Labute approximate surface area is 109 Å². The van der Waals surface area contributed by atoms with Crippen molar-refractivity contribution in [2.24, 2.45) is 0 Å². The van der Waals surface area contributed by atoms with Crippen molar-refractivity contribution in [2.75, 3.05) is 0 Å². The Morgan fingerprint density at radius 2 is 1.29 bits per heavy atom. The van der Waals surface area contributed by atoms with Crippen molar-refractivity contribution >= 4 is 0 Å². The van der Waals surface area contributed by atoms with Gasteiger partial charge in [-0.1, -0.05) is 76.2 Å². The third kappa shape index (κ3) is 11.7. The number of hydrogen-bond donors (Lipinski definition) is 0. The highest BCUT2D eigenvalue weighted by molar-refractivity contribution is 5.18. The van der Waals surface area contributed by atoms with Crippen molar-refractivity contribution in [3.05, 3.63) is 23.8 Å². The van der Waals surface area contributed by atoms with E-state index in [1.54, 1.807) is 5.57 Å². The Bertz CT molecular complexity index is 196. The minimum absolute atomic E-state index is 1.21. The Hall–Kier alpha value is -0.520. The second kappa shape index (κ2) is 12.0. The summed E-state index contributed by atoms with van der Waals surface area (Å²) in [6.07, 6.45) is 15.8. The van der Waals surface area contributed by atoms with Crippen molar-refractivity contribution in [3.63, 3.8) is 0 Å². The first-order valence-corrected chi connectivity index (χ1v) is 7.55. The van der Waals surface area contributed by atoms with E-state index in [1.807, 2.05) is 0 Å². The van der Waals surface area contributed by atoms with Gasteiger partial charge in [0.1, 0.15) is 0 Å². The zero-order chi connectivity index (χ0) is 12.9. The van der Waals surface area contributed by atoms with Crippen LogP contribution in [0.15, 0.2) is 23.8 Å². The SMILES string of the molecule is C=C(C)C=C(CCCCCC)CCCCCC. The molecule has 0 aliphatic rings. The molecule has 0 heteroatoms. The van der Waals surface area contributed by atoms with Gasteiger partial charge in [-0.15, -0.1) is 0 Å². The molecule has 0 aromatic carbocycles. The smallest absolute Gasteiger partial charge is 0.0317 e. The second-order valence-corrected chi connectivity index (χ2v) is 5.27. The van der Waals surface area contributed by atoms with Crippen molar-refractivity contribution in [3.8, 4) is 0 Å². The molecule has 0 fully saturated rings. The molecule has 0 aliphatic heterocycles. The lowest BCUT2D eigenvalue weighted by molar-refractivity contribution is 0.624. The predicted octanol–water partition coefficient (Wildman–Crippen LogP) is 6.43. The van der Waals surface area contributed by atoms with Gasteiger partial charge in [-0.2, -0.15) is 0 Å². The minimum Gasteiger partial charge on any atom is -0.0961 e. The van der Waals surface area contributed by atoms with Crippen molar-refractivity contribution < 1.29 is 0 Å². The Morgan fingerprint density at radius 1 is 0.824 bits per heavy atom. The normalized spacial score (nSPS) is 10.3. The van der Waals surface area contributed by atoms with E-state index in [4.69, 9.17) is 0 Å². The Balaban J connectivity index is 3.85. The van der Waals surface area contributed by atoms with E-state index in [0.717, 1.165) is 0 Å². The maximum atomic E-state index is 4.01. The van der Waals surface area contributed by atoms with Crippen LogP contribution in [-0.4, -0.2) is 0 Å². The molecule has 0 bridgehead atoms. The Morgan fingerprint density at radius 3 is 1.65 bits per heavy atom. The number of allylic oxidation sites excluding steroid dienone is 3. The molecule has 0 atom stereocenters. The lowest BCUT2D eigenvalue weighted by Crippen LogP contribution is -1.88. The van der Waals surface area contributed by atoms with Crippen LogP contribution in [0, 0.1) is 0 Å². The van der Waals surface area contributed by atoms with E-state index in [-0.39, 0.29) is 0 Å². The van der Waals surface area contributed by atoms with Gasteiger partial charge in [-0.3, -0.25) is 0 Å². The molecule has 0 saturated carbocycles. The molecule has 0 nitrogen and oxygen atoms in total. The molecule has 17 heavy (non-hydrogen) atoms. The van der Waals surface area contributed by atoms with Gasteiger partial charge in [0.2, 0.25) is 0 Å². The molecule has 0 rings (SSSR count). The fraction of sp³-hybridized carbons (Fsp3) is 0.765. The van der Waals surface area contributed by atoms with Crippen LogP contribution in [0.3, 0.4) is 0 Å². The largest absolute Gasteiger partial charge is 0.0961 e. The van der Waals surface area contributed by atoms with E-state index in [1.165, 1.54) is 69.8 Å². The van der Waals surface area contributed by atoms with E-state index < -0.39 is 0 Å². The van der Waals surface area contributed by atoms with E-state index in [0.29, 0.717) is 0 Å². The molecule has 0 aromatic heterocycles. The molecule has 0 aliphatic carbocycles. The number of unbranched alkanes of at least 4 members (excludes halogenated alkanes) is 6. The summed E-state index contributed by atoms with van der Waals surface area (Å²) in [5.41, 5.74) is 2.84. The molecule has 0 amide bonds. The number of rotatable bonds is 11. The molecular formula is C17H32. The highest BCUT2D eigenvalue weighted by atomic mass is 14.0. The third-order valence-electron chi connectivity index (χ3n) is 3.15. The lowest BCUT2D eigenvalue weighted by Gasteiger charge is -2.08. The van der Waals surface area contributed by atoms with Crippen LogP contribution in [0.1, 0.15) is 85.0 Å². The lowest BCUT2D eigenvalue weighted by atomic mass is 9.99. The van der Waals surface area contributed by atoms with E-state index in [9.17, 15) is 0 Å². The predicted molar refractivity (Wildman–Crippen MR) is 80.4 cm³/mol. The average molecular weight is 236 g/mol. The van der Waals surface area contributed by atoms with Gasteiger partial charge >= 0.3 is 0 Å². The monoisotopic (exact) mass is 236 g/mol. The van der Waals surface area contributed by atoms with Crippen LogP contribution in [0.5, 0.6) is 0 Å². The number of hydrogen-bond acceptors (Lipinski definition) is 0. The molecule has 0 saturated heterocycles. The van der Waals surface area contributed by atoms with Crippen molar-refractivity contribution in [2.45, 2.75) is 85.0 Å². The van der Waals surface area contributed by atoms with Crippen LogP contribution < -0.4 is 0 Å². The van der Waals surface area contributed by atoms with E-state index in [2.05, 4.69) is 33.4 Å². The summed E-state index contributed by atoms with van der Waals surface area (Å²) in [6, 6.07) is 0. The van der Waals surface area contributed by atoms with Crippen molar-refractivity contribution in [1.29, 1.82) is 0 Å². The molecule has 0 aromatic rings. The first-order valence-electron chi connectivity index (χ1n) is 7.55. The molecule has 100 valence electrons. The van der Waals surface area contributed by atoms with Crippen LogP contribution >= 0.6 is 0 Å². The highest BCUT2D eigenvalue weighted by Crippen LogP contribution is 2.18. The van der Waals surface area contributed by atoms with Gasteiger partial charge in [0.05, 0.1) is 0 Å². The van der Waals surface area contributed by atoms with Crippen LogP contribution in [-0.2, 0) is 0 Å². The molecule has 0 spiro atoms. The molecule has 0 unspecified atom stereocenters. The standard InChI is InChI=1S/C17H32/c1-5-7-9-11-13-17(15-16(3)4)14-12-10-8-6-2/h15H,3,5-14H2,1-2,4H3. The average Bonchev–Trinajstić information content (AvgIpc) is 2.29. The summed E-state index contributed by atoms with van der Waals surface area (Å²) in [5.74, 6) is 0. The van der Waals surface area contributed by atoms with Gasteiger partial charge in [-0.25, -0.2) is 0 Å². The minimum atomic E-state index is 1.21. The maximum Gasteiger partial charge on any atom is -0.0317 e.